The number of nitrogens with one attached hydrogen (secondary N) is 1. The van der Waals surface area contributed by atoms with E-state index in [-0.39, 0.29) is 17.7 Å². The van der Waals surface area contributed by atoms with Crippen molar-refractivity contribution >= 4 is 23.0 Å². The predicted molar refractivity (Wildman–Crippen MR) is 98.3 cm³/mol. The Kier molecular flexibility index (Phi) is 4.58. The Balaban J connectivity index is 2.04. The van der Waals surface area contributed by atoms with E-state index >= 15 is 0 Å². The van der Waals surface area contributed by atoms with Gasteiger partial charge in [0.2, 0.25) is 11.9 Å². The van der Waals surface area contributed by atoms with Gasteiger partial charge in [-0.25, -0.2) is 9.97 Å². The summed E-state index contributed by atoms with van der Waals surface area (Å²) in [7, 11) is 0. The maximum Gasteiger partial charge on any atom is 0.229 e. The minimum atomic E-state index is -1.02. The van der Waals surface area contributed by atoms with Gasteiger partial charge in [-0.15, -0.1) is 0 Å². The molecular formula is C19H28N4O2. The van der Waals surface area contributed by atoms with Crippen molar-refractivity contribution in [3.63, 3.8) is 0 Å². The Labute approximate surface area is 148 Å². The third-order valence-electron chi connectivity index (χ3n) is 5.25. The zero-order valence-corrected chi connectivity index (χ0v) is 15.7. The molecule has 6 heteroatoms. The zero-order valence-electron chi connectivity index (χ0n) is 15.7. The Morgan fingerprint density at radius 3 is 2.48 bits per heavy atom. The van der Waals surface area contributed by atoms with Crippen LogP contribution in [0.15, 0.2) is 12.1 Å². The van der Waals surface area contributed by atoms with Crippen molar-refractivity contribution in [1.29, 1.82) is 0 Å². The first-order chi connectivity index (χ1) is 11.7. The van der Waals surface area contributed by atoms with Crippen molar-refractivity contribution in [2.24, 2.45) is 11.8 Å². The third-order valence-corrected chi connectivity index (χ3v) is 5.25. The number of imidazole rings is 1. The number of pyridine rings is 1. The minimum Gasteiger partial charge on any atom is -0.384 e. The topological polar surface area (TPSA) is 80.0 Å². The molecule has 0 spiro atoms. The normalized spacial score (nSPS) is 16.9. The van der Waals surface area contributed by atoms with Gasteiger partial charge in [-0.1, -0.05) is 20.8 Å². The number of aromatic nitrogens is 3. The molecule has 2 aromatic rings. The summed E-state index contributed by atoms with van der Waals surface area (Å²) >= 11 is 0. The van der Waals surface area contributed by atoms with Crippen LogP contribution in [0.4, 0.5) is 5.95 Å². The number of rotatable bonds is 5. The Hall–Kier alpha value is -1.95. The maximum atomic E-state index is 12.5. The highest BCUT2D eigenvalue weighted by Crippen LogP contribution is 2.37. The first-order valence-electron chi connectivity index (χ1n) is 9.11. The van der Waals surface area contributed by atoms with Crippen molar-refractivity contribution in [3.8, 4) is 0 Å². The molecule has 1 amide bonds. The zero-order chi connectivity index (χ0) is 18.4. The van der Waals surface area contributed by atoms with Gasteiger partial charge in [0, 0.05) is 12.0 Å². The molecule has 0 radical (unpaired) electrons. The molecule has 0 aromatic carbocycles. The number of nitrogens with zero attached hydrogens (tertiary/aromatic N) is 3. The SMILES string of the molecule is CC(C)[C@H](C)C(=O)Nc1nc2ccc(C(C)(C)O)nc2n1C1CCC1. The second-order valence-corrected chi connectivity index (χ2v) is 8.01. The molecule has 0 saturated heterocycles. The molecule has 1 saturated carbocycles. The van der Waals surface area contributed by atoms with Gasteiger partial charge in [0.1, 0.15) is 11.1 Å². The number of amides is 1. The molecule has 0 unspecified atom stereocenters. The summed E-state index contributed by atoms with van der Waals surface area (Å²) in [5.74, 6) is 0.724. The molecule has 25 heavy (non-hydrogen) atoms. The van der Waals surface area contributed by atoms with Gasteiger partial charge in [-0.05, 0) is 51.2 Å². The number of hydrogen-bond donors (Lipinski definition) is 2. The second kappa shape index (κ2) is 6.41. The second-order valence-electron chi connectivity index (χ2n) is 8.01. The van der Waals surface area contributed by atoms with Crippen LogP contribution < -0.4 is 5.32 Å². The molecule has 1 fully saturated rings. The van der Waals surface area contributed by atoms with Crippen LogP contribution in [0.5, 0.6) is 0 Å². The summed E-state index contributed by atoms with van der Waals surface area (Å²) in [5.41, 5.74) is 1.07. The van der Waals surface area contributed by atoms with Gasteiger partial charge < -0.3 is 5.11 Å². The lowest BCUT2D eigenvalue weighted by molar-refractivity contribution is -0.120. The highest BCUT2D eigenvalue weighted by Gasteiger charge is 2.28. The molecule has 2 N–H and O–H groups in total. The van der Waals surface area contributed by atoms with E-state index in [2.05, 4.69) is 15.3 Å². The van der Waals surface area contributed by atoms with Crippen LogP contribution in [0, 0.1) is 11.8 Å². The minimum absolute atomic E-state index is 0.0198. The van der Waals surface area contributed by atoms with E-state index in [1.165, 1.54) is 6.42 Å². The number of carbonyl (C=O) groups is 1. The van der Waals surface area contributed by atoms with Crippen LogP contribution in [0.2, 0.25) is 0 Å². The smallest absolute Gasteiger partial charge is 0.229 e. The summed E-state index contributed by atoms with van der Waals surface area (Å²) in [5, 5.41) is 13.3. The number of hydrogen-bond acceptors (Lipinski definition) is 4. The van der Waals surface area contributed by atoms with E-state index in [4.69, 9.17) is 0 Å². The molecular weight excluding hydrogens is 316 g/mol. The van der Waals surface area contributed by atoms with Gasteiger partial charge in [-0.3, -0.25) is 14.7 Å². The molecule has 0 bridgehead atoms. The summed E-state index contributed by atoms with van der Waals surface area (Å²) in [6.07, 6.45) is 3.29. The van der Waals surface area contributed by atoms with E-state index in [1.807, 2.05) is 31.4 Å². The first kappa shape index (κ1) is 17.9. The van der Waals surface area contributed by atoms with E-state index in [0.717, 1.165) is 24.0 Å². The summed E-state index contributed by atoms with van der Waals surface area (Å²) in [6, 6.07) is 3.97. The van der Waals surface area contributed by atoms with Crippen molar-refractivity contribution in [3.05, 3.63) is 17.8 Å². The fourth-order valence-electron chi connectivity index (χ4n) is 2.92. The van der Waals surface area contributed by atoms with Crippen LogP contribution in [0.25, 0.3) is 11.2 Å². The monoisotopic (exact) mass is 344 g/mol. The van der Waals surface area contributed by atoms with Gasteiger partial charge >= 0.3 is 0 Å². The summed E-state index contributed by atoms with van der Waals surface area (Å²) in [4.78, 5) is 21.8. The fraction of sp³-hybridized carbons (Fsp3) is 0.632. The molecule has 2 heterocycles. The molecule has 0 aliphatic heterocycles. The van der Waals surface area contributed by atoms with Gasteiger partial charge in [-0.2, -0.15) is 0 Å². The first-order valence-corrected chi connectivity index (χ1v) is 9.11. The maximum absolute atomic E-state index is 12.5. The van der Waals surface area contributed by atoms with E-state index in [1.54, 1.807) is 19.9 Å². The van der Waals surface area contributed by atoms with Gasteiger partial charge in [0.15, 0.2) is 5.65 Å². The standard InChI is InChI=1S/C19H28N4O2/c1-11(2)12(3)17(24)22-18-20-14-9-10-15(19(4,5)25)21-16(14)23(18)13-7-6-8-13/h9-13,25H,6-8H2,1-5H3,(H,20,22,24)/t12-/m0/s1. The van der Waals surface area contributed by atoms with Crippen LogP contribution in [0.1, 0.15) is 65.6 Å². The van der Waals surface area contributed by atoms with E-state index in [9.17, 15) is 9.90 Å². The van der Waals surface area contributed by atoms with E-state index < -0.39 is 5.60 Å². The number of aliphatic hydroxyl groups is 1. The third kappa shape index (κ3) is 3.40. The number of anilines is 1. The lowest BCUT2D eigenvalue weighted by Gasteiger charge is -2.29. The van der Waals surface area contributed by atoms with Crippen molar-refractivity contribution in [2.75, 3.05) is 5.32 Å². The van der Waals surface area contributed by atoms with Crippen molar-refractivity contribution in [1.82, 2.24) is 14.5 Å². The molecule has 6 nitrogen and oxygen atoms in total. The molecule has 3 rings (SSSR count). The lowest BCUT2D eigenvalue weighted by atomic mass is 9.93. The summed E-state index contributed by atoms with van der Waals surface area (Å²) < 4.78 is 2.04. The quantitative estimate of drug-likeness (QED) is 0.868. The fourth-order valence-corrected chi connectivity index (χ4v) is 2.92. The van der Waals surface area contributed by atoms with Crippen LogP contribution >= 0.6 is 0 Å². The molecule has 1 aliphatic carbocycles. The average Bonchev–Trinajstić information content (AvgIpc) is 2.81. The largest absolute Gasteiger partial charge is 0.384 e. The van der Waals surface area contributed by atoms with Crippen LogP contribution in [-0.2, 0) is 10.4 Å². The Bertz CT molecular complexity index is 785. The van der Waals surface area contributed by atoms with E-state index in [0.29, 0.717) is 17.7 Å². The lowest BCUT2D eigenvalue weighted by Crippen LogP contribution is -2.28. The van der Waals surface area contributed by atoms with Crippen LogP contribution in [0.3, 0.4) is 0 Å². The Morgan fingerprint density at radius 1 is 1.28 bits per heavy atom. The van der Waals surface area contributed by atoms with Crippen LogP contribution in [-0.4, -0.2) is 25.5 Å². The molecule has 1 atom stereocenters. The summed E-state index contributed by atoms with van der Waals surface area (Å²) in [6.45, 7) is 9.45. The molecule has 136 valence electrons. The van der Waals surface area contributed by atoms with Crippen molar-refractivity contribution < 1.29 is 9.90 Å². The average molecular weight is 344 g/mol. The highest BCUT2D eigenvalue weighted by molar-refractivity contribution is 5.92. The van der Waals surface area contributed by atoms with Gasteiger partial charge in [0.05, 0.1) is 5.69 Å². The van der Waals surface area contributed by atoms with Crippen molar-refractivity contribution in [2.45, 2.75) is 65.5 Å². The molecule has 2 aromatic heterocycles. The molecule has 1 aliphatic rings. The number of carbonyl (C=O) groups excluding carboxylic acids is 1. The van der Waals surface area contributed by atoms with Gasteiger partial charge in [0.25, 0.3) is 0 Å². The Morgan fingerprint density at radius 2 is 1.96 bits per heavy atom. The predicted octanol–water partition coefficient (Wildman–Crippen LogP) is 3.61. The number of fused-ring (bicyclic) bond motifs is 1. The highest BCUT2D eigenvalue weighted by atomic mass is 16.3.